The Morgan fingerprint density at radius 3 is 2.42 bits per heavy atom. The normalized spacial score (nSPS) is 11.9. The molecule has 0 fully saturated rings. The van der Waals surface area contributed by atoms with E-state index in [1.807, 2.05) is 24.3 Å². The minimum Gasteiger partial charge on any atom is -0.329 e. The Morgan fingerprint density at radius 1 is 1.33 bits per heavy atom. The molecule has 0 aliphatic heterocycles. The molecule has 0 radical (unpaired) electrons. The maximum absolute atomic E-state index is 5.77. The third-order valence-electron chi connectivity index (χ3n) is 1.56. The van der Waals surface area contributed by atoms with Gasteiger partial charge in [0.25, 0.3) is 0 Å². The molecule has 4 heteroatoms. The van der Waals surface area contributed by atoms with E-state index < -0.39 is 0 Å². The van der Waals surface area contributed by atoms with Crippen LogP contribution in [0.2, 0.25) is 0 Å². The smallest absolute Gasteiger partial charge is 0.0430 e. The fourth-order valence-electron chi connectivity index (χ4n) is 0.903. The predicted octanol–water partition coefficient (Wildman–Crippen LogP) is 1.67. The fraction of sp³-hybridized carbons (Fsp3) is 0.250. The van der Waals surface area contributed by atoms with Gasteiger partial charge in [0.1, 0.15) is 0 Å². The number of halogens is 2. The van der Waals surface area contributed by atoms with Crippen molar-refractivity contribution in [2.24, 2.45) is 11.5 Å². The molecule has 0 unspecified atom stereocenters. The highest BCUT2D eigenvalue weighted by Crippen LogP contribution is 2.16. The predicted molar refractivity (Wildman–Crippen MR) is 62.4 cm³/mol. The van der Waals surface area contributed by atoms with Gasteiger partial charge >= 0.3 is 0 Å². The molecule has 0 amide bonds. The Kier molecular flexibility index (Phi) is 5.82. The summed E-state index contributed by atoms with van der Waals surface area (Å²) in [4.78, 5) is 0. The number of hydrogen-bond acceptors (Lipinski definition) is 2. The number of nitrogens with two attached hydrogens (primary N) is 2. The molecule has 4 N–H and O–H groups in total. The topological polar surface area (TPSA) is 52.0 Å². The number of rotatable bonds is 2. The van der Waals surface area contributed by atoms with Crippen molar-refractivity contribution in [2.45, 2.75) is 6.04 Å². The minimum atomic E-state index is -0.0249. The second kappa shape index (κ2) is 5.75. The molecule has 1 atom stereocenters. The first-order valence-electron chi connectivity index (χ1n) is 3.45. The summed E-state index contributed by atoms with van der Waals surface area (Å²) in [6.45, 7) is 0.500. The summed E-state index contributed by atoms with van der Waals surface area (Å²) in [6, 6.07) is 8.00. The van der Waals surface area contributed by atoms with E-state index >= 15 is 0 Å². The zero-order valence-corrected chi connectivity index (χ0v) is 9.51. The van der Waals surface area contributed by atoms with Crippen LogP contribution in [0, 0.1) is 3.57 Å². The highest BCUT2D eigenvalue weighted by molar-refractivity contribution is 14.1. The van der Waals surface area contributed by atoms with Gasteiger partial charge in [0, 0.05) is 16.2 Å². The van der Waals surface area contributed by atoms with Crippen LogP contribution in [0.3, 0.4) is 0 Å². The molecule has 0 saturated carbocycles. The van der Waals surface area contributed by atoms with Gasteiger partial charge in [-0.05, 0) is 34.2 Å². The molecule has 0 heterocycles. The van der Waals surface area contributed by atoms with Crippen LogP contribution < -0.4 is 11.5 Å². The number of hydrogen-bond donors (Lipinski definition) is 2. The van der Waals surface area contributed by atoms with Crippen molar-refractivity contribution < 1.29 is 0 Å². The van der Waals surface area contributed by atoms with Crippen LogP contribution in [-0.4, -0.2) is 6.54 Å². The summed E-state index contributed by atoms with van der Waals surface area (Å²) in [5.41, 5.74) is 12.3. The first kappa shape index (κ1) is 12.2. The van der Waals surface area contributed by atoms with Gasteiger partial charge in [-0.1, -0.05) is 18.2 Å². The molecule has 2 nitrogen and oxygen atoms in total. The van der Waals surface area contributed by atoms with Crippen molar-refractivity contribution in [3.63, 3.8) is 0 Å². The zero-order valence-electron chi connectivity index (χ0n) is 6.53. The fourth-order valence-corrected chi connectivity index (χ4v) is 1.69. The minimum absolute atomic E-state index is 0. The molecular weight excluding hydrogens is 286 g/mol. The molecule has 0 saturated heterocycles. The maximum Gasteiger partial charge on any atom is 0.0430 e. The molecule has 1 aromatic rings. The zero-order chi connectivity index (χ0) is 8.27. The average Bonchev–Trinajstić information content (AvgIpc) is 2.04. The van der Waals surface area contributed by atoms with Gasteiger partial charge in [0.15, 0.2) is 0 Å². The van der Waals surface area contributed by atoms with Crippen LogP contribution in [0.1, 0.15) is 11.6 Å². The molecule has 0 spiro atoms. The Balaban J connectivity index is 0.00000121. The van der Waals surface area contributed by atoms with Gasteiger partial charge < -0.3 is 11.5 Å². The van der Waals surface area contributed by atoms with Crippen LogP contribution >= 0.6 is 35.0 Å². The summed E-state index contributed by atoms with van der Waals surface area (Å²) in [6.07, 6.45) is 0. The molecule has 1 aromatic carbocycles. The van der Waals surface area contributed by atoms with Gasteiger partial charge in [-0.15, -0.1) is 12.4 Å². The van der Waals surface area contributed by atoms with Crippen molar-refractivity contribution in [1.82, 2.24) is 0 Å². The van der Waals surface area contributed by atoms with E-state index in [1.165, 1.54) is 3.57 Å². The van der Waals surface area contributed by atoms with Crippen LogP contribution in [0.15, 0.2) is 24.3 Å². The van der Waals surface area contributed by atoms with Gasteiger partial charge in [-0.25, -0.2) is 0 Å². The highest BCUT2D eigenvalue weighted by Gasteiger charge is 2.05. The molecule has 0 bridgehead atoms. The van der Waals surface area contributed by atoms with Crippen LogP contribution in [-0.2, 0) is 0 Å². The Morgan fingerprint density at radius 2 is 1.92 bits per heavy atom. The molecule has 0 aliphatic carbocycles. The third-order valence-corrected chi connectivity index (χ3v) is 2.54. The van der Waals surface area contributed by atoms with E-state index in [2.05, 4.69) is 22.6 Å². The van der Waals surface area contributed by atoms with E-state index in [9.17, 15) is 0 Å². The largest absolute Gasteiger partial charge is 0.329 e. The van der Waals surface area contributed by atoms with E-state index in [1.54, 1.807) is 0 Å². The molecule has 1 rings (SSSR count). The van der Waals surface area contributed by atoms with Crippen molar-refractivity contribution in [3.8, 4) is 0 Å². The van der Waals surface area contributed by atoms with Gasteiger partial charge in [-0.2, -0.15) is 0 Å². The lowest BCUT2D eigenvalue weighted by Gasteiger charge is -2.10. The van der Waals surface area contributed by atoms with Crippen molar-refractivity contribution >= 4 is 35.0 Å². The standard InChI is InChI=1S/C8H11IN2.ClH/c9-7-4-2-1-3-6(7)8(11)5-10;/h1-4,8H,5,10-11H2;1H/t8-;/m1./s1. The van der Waals surface area contributed by atoms with E-state index in [0.29, 0.717) is 6.54 Å². The maximum atomic E-state index is 5.77. The van der Waals surface area contributed by atoms with Crippen molar-refractivity contribution in [3.05, 3.63) is 33.4 Å². The SMILES string of the molecule is Cl.NC[C@@H](N)c1ccccc1I. The van der Waals surface area contributed by atoms with E-state index in [-0.39, 0.29) is 18.4 Å². The molecule has 68 valence electrons. The molecule has 0 aliphatic rings. The van der Waals surface area contributed by atoms with E-state index in [4.69, 9.17) is 11.5 Å². The Bertz CT molecular complexity index is 242. The van der Waals surface area contributed by atoms with Crippen LogP contribution in [0.25, 0.3) is 0 Å². The molecule has 12 heavy (non-hydrogen) atoms. The molecular formula is C8H12ClIN2. The third kappa shape index (κ3) is 2.90. The van der Waals surface area contributed by atoms with Crippen LogP contribution in [0.5, 0.6) is 0 Å². The lowest BCUT2D eigenvalue weighted by molar-refractivity contribution is 0.733. The quantitative estimate of drug-likeness (QED) is 0.816. The van der Waals surface area contributed by atoms with Crippen molar-refractivity contribution in [1.29, 1.82) is 0 Å². The highest BCUT2D eigenvalue weighted by atomic mass is 127. The summed E-state index contributed by atoms with van der Waals surface area (Å²) < 4.78 is 1.18. The van der Waals surface area contributed by atoms with Crippen LogP contribution in [0.4, 0.5) is 0 Å². The summed E-state index contributed by atoms with van der Waals surface area (Å²) in [5.74, 6) is 0. The average molecular weight is 299 g/mol. The Hall–Kier alpha value is 0.160. The lowest BCUT2D eigenvalue weighted by atomic mass is 10.1. The second-order valence-electron chi connectivity index (χ2n) is 2.36. The summed E-state index contributed by atoms with van der Waals surface area (Å²) >= 11 is 2.26. The summed E-state index contributed by atoms with van der Waals surface area (Å²) in [5, 5.41) is 0. The van der Waals surface area contributed by atoms with Gasteiger partial charge in [0.2, 0.25) is 0 Å². The monoisotopic (exact) mass is 298 g/mol. The van der Waals surface area contributed by atoms with E-state index in [0.717, 1.165) is 5.56 Å². The first-order valence-corrected chi connectivity index (χ1v) is 4.53. The second-order valence-corrected chi connectivity index (χ2v) is 3.53. The number of benzene rings is 1. The van der Waals surface area contributed by atoms with Crippen molar-refractivity contribution in [2.75, 3.05) is 6.54 Å². The lowest BCUT2D eigenvalue weighted by Crippen LogP contribution is -2.21. The van der Waals surface area contributed by atoms with Gasteiger partial charge in [-0.3, -0.25) is 0 Å². The molecule has 0 aromatic heterocycles. The Labute approximate surface area is 92.3 Å². The first-order chi connectivity index (χ1) is 5.25. The van der Waals surface area contributed by atoms with Gasteiger partial charge in [0.05, 0.1) is 0 Å². The summed E-state index contributed by atoms with van der Waals surface area (Å²) in [7, 11) is 0.